The van der Waals surface area contributed by atoms with Crippen LogP contribution in [0.1, 0.15) is 61.3 Å². The normalized spacial score (nSPS) is 29.5. The van der Waals surface area contributed by atoms with Crippen LogP contribution >= 0.6 is 0 Å². The third-order valence-electron chi connectivity index (χ3n) is 4.37. The molecule has 3 atom stereocenters. The number of aliphatic hydroxyl groups excluding tert-OH is 1. The van der Waals surface area contributed by atoms with Crippen molar-refractivity contribution in [2.75, 3.05) is 13.2 Å². The largest absolute Gasteiger partial charge is 0.378 e. The van der Waals surface area contributed by atoms with E-state index >= 15 is 0 Å². The molecular formula is C16H32O3. The minimum Gasteiger partial charge on any atom is -0.378 e. The summed E-state index contributed by atoms with van der Waals surface area (Å²) in [6.07, 6.45) is 1.03. The Morgan fingerprint density at radius 2 is 1.84 bits per heavy atom. The summed E-state index contributed by atoms with van der Waals surface area (Å²) >= 11 is 0. The van der Waals surface area contributed by atoms with Gasteiger partial charge in [0.1, 0.15) is 0 Å². The summed E-state index contributed by atoms with van der Waals surface area (Å²) in [6.45, 7) is 16.4. The van der Waals surface area contributed by atoms with Crippen LogP contribution in [0, 0.1) is 16.7 Å². The predicted octanol–water partition coefficient (Wildman–Crippen LogP) is 3.60. The van der Waals surface area contributed by atoms with Gasteiger partial charge < -0.3 is 14.6 Å². The van der Waals surface area contributed by atoms with Crippen molar-refractivity contribution in [1.29, 1.82) is 0 Å². The van der Waals surface area contributed by atoms with Crippen molar-refractivity contribution < 1.29 is 14.6 Å². The first-order valence-corrected chi connectivity index (χ1v) is 7.42. The van der Waals surface area contributed by atoms with Crippen LogP contribution in [-0.2, 0) is 9.47 Å². The van der Waals surface area contributed by atoms with Gasteiger partial charge in [-0.25, -0.2) is 0 Å². The Bertz CT molecular complexity index is 287. The highest BCUT2D eigenvalue weighted by atomic mass is 16.6. The average molecular weight is 272 g/mol. The highest BCUT2D eigenvalue weighted by Crippen LogP contribution is 2.44. The van der Waals surface area contributed by atoms with Gasteiger partial charge in [-0.3, -0.25) is 0 Å². The van der Waals surface area contributed by atoms with E-state index in [1.54, 1.807) is 0 Å². The summed E-state index contributed by atoms with van der Waals surface area (Å²) in [5.41, 5.74) is -0.423. The van der Waals surface area contributed by atoms with Crippen molar-refractivity contribution in [1.82, 2.24) is 0 Å². The minimum absolute atomic E-state index is 0.163. The van der Waals surface area contributed by atoms with Gasteiger partial charge in [-0.05, 0) is 24.7 Å². The van der Waals surface area contributed by atoms with Crippen molar-refractivity contribution in [3.8, 4) is 0 Å². The predicted molar refractivity (Wildman–Crippen MR) is 77.9 cm³/mol. The van der Waals surface area contributed by atoms with Crippen LogP contribution in [0.4, 0.5) is 0 Å². The molecule has 0 aromatic rings. The minimum atomic E-state index is -0.751. The van der Waals surface area contributed by atoms with Crippen LogP contribution < -0.4 is 0 Å². The molecular weight excluding hydrogens is 240 g/mol. The zero-order valence-electron chi connectivity index (χ0n) is 13.7. The molecule has 1 fully saturated rings. The molecule has 0 spiro atoms. The maximum Gasteiger partial charge on any atom is 0.161 e. The molecule has 1 heterocycles. The molecule has 1 rings (SSSR count). The van der Waals surface area contributed by atoms with E-state index in [4.69, 9.17) is 9.47 Å². The van der Waals surface area contributed by atoms with Gasteiger partial charge in [0.25, 0.3) is 0 Å². The Labute approximate surface area is 118 Å². The molecule has 3 heteroatoms. The van der Waals surface area contributed by atoms with Crippen molar-refractivity contribution in [3.05, 3.63) is 0 Å². The highest BCUT2D eigenvalue weighted by molar-refractivity contribution is 4.88. The summed E-state index contributed by atoms with van der Waals surface area (Å²) in [4.78, 5) is 0. The number of hydrogen-bond donors (Lipinski definition) is 1. The van der Waals surface area contributed by atoms with E-state index in [0.717, 1.165) is 19.4 Å². The number of rotatable bonds is 5. The number of ether oxygens (including phenoxy) is 2. The van der Waals surface area contributed by atoms with Crippen LogP contribution in [0.25, 0.3) is 0 Å². The lowest BCUT2D eigenvalue weighted by molar-refractivity contribution is -0.244. The van der Waals surface area contributed by atoms with E-state index in [1.807, 2.05) is 6.92 Å². The summed E-state index contributed by atoms with van der Waals surface area (Å²) in [5.74, 6) is 0.354. The molecule has 1 aliphatic heterocycles. The Hall–Kier alpha value is -0.120. The Balaban J connectivity index is 2.80. The van der Waals surface area contributed by atoms with Gasteiger partial charge in [0, 0.05) is 18.4 Å². The zero-order valence-corrected chi connectivity index (χ0v) is 13.7. The average Bonchev–Trinajstić information content (AvgIpc) is 2.61. The van der Waals surface area contributed by atoms with E-state index < -0.39 is 6.29 Å². The second kappa shape index (κ2) is 5.71. The number of aliphatic hydroxyl groups is 1. The van der Waals surface area contributed by atoms with E-state index in [-0.39, 0.29) is 16.4 Å². The summed E-state index contributed by atoms with van der Waals surface area (Å²) in [5, 5.41) is 10.6. The first-order chi connectivity index (χ1) is 8.49. The maximum absolute atomic E-state index is 10.6. The Morgan fingerprint density at radius 1 is 1.26 bits per heavy atom. The Morgan fingerprint density at radius 3 is 2.21 bits per heavy atom. The quantitative estimate of drug-likeness (QED) is 0.777. The van der Waals surface area contributed by atoms with Crippen LogP contribution in [0.5, 0.6) is 0 Å². The van der Waals surface area contributed by atoms with Crippen molar-refractivity contribution in [2.24, 2.45) is 16.7 Å². The van der Waals surface area contributed by atoms with Crippen molar-refractivity contribution in [2.45, 2.75) is 73.2 Å². The van der Waals surface area contributed by atoms with Gasteiger partial charge in [0.05, 0.1) is 12.2 Å². The van der Waals surface area contributed by atoms with Gasteiger partial charge in [-0.1, -0.05) is 41.5 Å². The molecule has 0 aromatic heterocycles. The van der Waals surface area contributed by atoms with E-state index in [2.05, 4.69) is 41.5 Å². The molecule has 0 amide bonds. The summed E-state index contributed by atoms with van der Waals surface area (Å²) < 4.78 is 11.4. The van der Waals surface area contributed by atoms with E-state index in [1.165, 1.54) is 0 Å². The van der Waals surface area contributed by atoms with Gasteiger partial charge in [-0.2, -0.15) is 0 Å². The lowest BCUT2D eigenvalue weighted by Gasteiger charge is -2.44. The Kier molecular flexibility index (Phi) is 5.09. The molecule has 114 valence electrons. The fourth-order valence-electron chi connectivity index (χ4n) is 2.86. The molecule has 0 radical (unpaired) electrons. The van der Waals surface area contributed by atoms with Gasteiger partial charge in [-0.15, -0.1) is 0 Å². The van der Waals surface area contributed by atoms with Crippen molar-refractivity contribution >= 4 is 0 Å². The lowest BCUT2D eigenvalue weighted by Crippen LogP contribution is -2.46. The highest BCUT2D eigenvalue weighted by Gasteiger charge is 2.44. The molecule has 3 unspecified atom stereocenters. The summed E-state index contributed by atoms with van der Waals surface area (Å²) in [7, 11) is 0. The molecule has 19 heavy (non-hydrogen) atoms. The van der Waals surface area contributed by atoms with Crippen LogP contribution in [-0.4, -0.2) is 30.2 Å². The smallest absolute Gasteiger partial charge is 0.161 e. The van der Waals surface area contributed by atoms with Crippen LogP contribution in [0.3, 0.4) is 0 Å². The maximum atomic E-state index is 10.6. The third-order valence-corrected chi connectivity index (χ3v) is 4.37. The second-order valence-electron chi connectivity index (χ2n) is 8.12. The van der Waals surface area contributed by atoms with E-state index in [0.29, 0.717) is 12.5 Å². The monoisotopic (exact) mass is 272 g/mol. The molecule has 0 aromatic carbocycles. The van der Waals surface area contributed by atoms with Gasteiger partial charge in [0.15, 0.2) is 6.29 Å². The fraction of sp³-hybridized carbons (Fsp3) is 1.00. The molecule has 0 aliphatic carbocycles. The van der Waals surface area contributed by atoms with E-state index in [9.17, 15) is 5.11 Å². The molecule has 3 nitrogen and oxygen atoms in total. The molecule has 1 N–H and O–H groups in total. The second-order valence-corrected chi connectivity index (χ2v) is 8.12. The zero-order chi connectivity index (χ0) is 14.9. The fourth-order valence-corrected chi connectivity index (χ4v) is 2.86. The molecule has 0 saturated carbocycles. The lowest BCUT2D eigenvalue weighted by atomic mass is 9.68. The molecule has 0 bridgehead atoms. The van der Waals surface area contributed by atoms with Crippen LogP contribution in [0.15, 0.2) is 0 Å². The van der Waals surface area contributed by atoms with Crippen molar-refractivity contribution in [3.63, 3.8) is 0 Å². The third kappa shape index (κ3) is 4.44. The standard InChI is InChI=1S/C16H32O3/c1-12(2)16(7,10-14(3,4)5)13(17)19-15(6)8-9-18-11-15/h12-13,17H,8-11H2,1-7H3. The number of hydrogen-bond acceptors (Lipinski definition) is 3. The summed E-state index contributed by atoms with van der Waals surface area (Å²) in [6, 6.07) is 0. The van der Waals surface area contributed by atoms with Crippen LogP contribution in [0.2, 0.25) is 0 Å². The molecule has 1 aliphatic rings. The first kappa shape index (κ1) is 16.9. The molecule has 1 saturated heterocycles. The first-order valence-electron chi connectivity index (χ1n) is 7.42. The van der Waals surface area contributed by atoms with Gasteiger partial charge >= 0.3 is 0 Å². The SMILES string of the molecule is CC(C)C(C)(CC(C)(C)C)C(O)OC1(C)CCOC1. The topological polar surface area (TPSA) is 38.7 Å². The van der Waals surface area contributed by atoms with Gasteiger partial charge in [0.2, 0.25) is 0 Å².